The average molecular weight is 411 g/mol. The molecule has 0 spiro atoms. The van der Waals surface area contributed by atoms with E-state index >= 15 is 0 Å². The second kappa shape index (κ2) is 9.17. The number of carbonyl (C=O) groups is 2. The van der Waals surface area contributed by atoms with Crippen molar-refractivity contribution in [1.29, 1.82) is 0 Å². The summed E-state index contributed by atoms with van der Waals surface area (Å²) in [5.41, 5.74) is 1.42. The second-order valence-corrected chi connectivity index (χ2v) is 6.45. The molecule has 0 aliphatic heterocycles. The van der Waals surface area contributed by atoms with Gasteiger partial charge in [0.15, 0.2) is 17.3 Å². The Kier molecular flexibility index (Phi) is 6.42. The Hall–Kier alpha value is -3.44. The molecule has 0 radical (unpaired) electrons. The van der Waals surface area contributed by atoms with E-state index in [0.717, 1.165) is 0 Å². The molecule has 0 unspecified atom stereocenters. The van der Waals surface area contributed by atoms with Crippen molar-refractivity contribution in [3.8, 4) is 11.5 Å². The molecule has 6 heteroatoms. The van der Waals surface area contributed by atoms with Crippen LogP contribution < -0.4 is 9.47 Å². The van der Waals surface area contributed by atoms with Gasteiger partial charge in [0, 0.05) is 10.6 Å². The lowest BCUT2D eigenvalue weighted by atomic mass is 10.1. The number of ether oxygens (including phenoxy) is 2. The number of rotatable bonds is 6. The first-order chi connectivity index (χ1) is 14.0. The van der Waals surface area contributed by atoms with Crippen LogP contribution in [0.1, 0.15) is 26.3 Å². The minimum absolute atomic E-state index is 0.174. The zero-order valence-corrected chi connectivity index (χ0v) is 16.2. The highest BCUT2D eigenvalue weighted by molar-refractivity contribution is 6.30. The summed E-state index contributed by atoms with van der Waals surface area (Å²) in [5.74, 6) is -0.718. The lowest BCUT2D eigenvalue weighted by Gasteiger charge is -2.10. The molecule has 0 heterocycles. The third-order valence-corrected chi connectivity index (χ3v) is 4.28. The first-order valence-electron chi connectivity index (χ1n) is 8.60. The number of hydrogen-bond donors (Lipinski definition) is 0. The number of benzene rings is 3. The summed E-state index contributed by atoms with van der Waals surface area (Å²) in [4.78, 5) is 24.4. The number of allylic oxidation sites excluding steroid dienone is 1. The van der Waals surface area contributed by atoms with Crippen molar-refractivity contribution in [1.82, 2.24) is 0 Å². The summed E-state index contributed by atoms with van der Waals surface area (Å²) in [6.45, 7) is 0. The van der Waals surface area contributed by atoms with Crippen LogP contribution in [0.25, 0.3) is 6.08 Å². The average Bonchev–Trinajstić information content (AvgIpc) is 2.73. The summed E-state index contributed by atoms with van der Waals surface area (Å²) >= 11 is 5.82. The maximum absolute atomic E-state index is 13.0. The van der Waals surface area contributed by atoms with Crippen LogP contribution >= 0.6 is 11.6 Å². The van der Waals surface area contributed by atoms with E-state index in [1.807, 2.05) is 0 Å². The highest BCUT2D eigenvalue weighted by atomic mass is 35.5. The van der Waals surface area contributed by atoms with Crippen molar-refractivity contribution in [2.75, 3.05) is 7.11 Å². The van der Waals surface area contributed by atoms with Crippen molar-refractivity contribution in [2.24, 2.45) is 0 Å². The lowest BCUT2D eigenvalue weighted by molar-refractivity contribution is 0.0729. The fraction of sp³-hybridized carbons (Fsp3) is 0.0435. The Labute approximate surface area is 172 Å². The highest BCUT2D eigenvalue weighted by Gasteiger charge is 2.13. The van der Waals surface area contributed by atoms with Crippen LogP contribution in [0.15, 0.2) is 72.8 Å². The topological polar surface area (TPSA) is 52.6 Å². The number of ketones is 1. The fourth-order valence-electron chi connectivity index (χ4n) is 2.50. The Morgan fingerprint density at radius 2 is 1.55 bits per heavy atom. The molecule has 0 fully saturated rings. The molecule has 0 N–H and O–H groups in total. The number of hydrogen-bond acceptors (Lipinski definition) is 4. The fourth-order valence-corrected chi connectivity index (χ4v) is 2.63. The Bertz CT molecular complexity index is 1060. The molecule has 3 aromatic carbocycles. The van der Waals surface area contributed by atoms with E-state index in [-0.39, 0.29) is 17.1 Å². The summed E-state index contributed by atoms with van der Waals surface area (Å²) in [6, 6.07) is 16.5. The third-order valence-electron chi connectivity index (χ3n) is 4.03. The van der Waals surface area contributed by atoms with Crippen LogP contribution in [0.3, 0.4) is 0 Å². The summed E-state index contributed by atoms with van der Waals surface area (Å²) in [5, 5.41) is 0.557. The van der Waals surface area contributed by atoms with Crippen molar-refractivity contribution in [3.05, 3.63) is 100 Å². The molecule has 0 amide bonds. The van der Waals surface area contributed by atoms with Gasteiger partial charge in [-0.25, -0.2) is 9.18 Å². The van der Waals surface area contributed by atoms with Gasteiger partial charge in [0.2, 0.25) is 0 Å². The van der Waals surface area contributed by atoms with Gasteiger partial charge in [-0.1, -0.05) is 23.7 Å². The molecular formula is C23H16ClFO4. The number of methoxy groups -OCH3 is 1. The van der Waals surface area contributed by atoms with E-state index in [1.165, 1.54) is 37.5 Å². The molecule has 0 aliphatic carbocycles. The van der Waals surface area contributed by atoms with Crippen LogP contribution in [-0.2, 0) is 0 Å². The van der Waals surface area contributed by atoms with Crippen LogP contribution in [0, 0.1) is 5.82 Å². The van der Waals surface area contributed by atoms with Gasteiger partial charge >= 0.3 is 5.97 Å². The molecule has 3 aromatic rings. The number of carbonyl (C=O) groups excluding carboxylic acids is 2. The molecule has 0 atom stereocenters. The minimum atomic E-state index is -0.635. The normalized spacial score (nSPS) is 10.7. The van der Waals surface area contributed by atoms with Gasteiger partial charge in [-0.05, 0) is 72.3 Å². The van der Waals surface area contributed by atoms with E-state index in [2.05, 4.69) is 0 Å². The largest absolute Gasteiger partial charge is 0.493 e. The van der Waals surface area contributed by atoms with Gasteiger partial charge in [0.1, 0.15) is 5.82 Å². The van der Waals surface area contributed by atoms with Gasteiger partial charge < -0.3 is 9.47 Å². The first-order valence-corrected chi connectivity index (χ1v) is 8.98. The van der Waals surface area contributed by atoms with E-state index in [1.54, 1.807) is 48.5 Å². The van der Waals surface area contributed by atoms with Crippen molar-refractivity contribution >= 4 is 29.4 Å². The lowest BCUT2D eigenvalue weighted by Crippen LogP contribution is -2.09. The molecule has 0 saturated heterocycles. The quantitative estimate of drug-likeness (QED) is 0.229. The van der Waals surface area contributed by atoms with Crippen molar-refractivity contribution < 1.29 is 23.5 Å². The van der Waals surface area contributed by atoms with E-state index in [9.17, 15) is 14.0 Å². The van der Waals surface area contributed by atoms with Gasteiger partial charge in [0.05, 0.1) is 12.7 Å². The zero-order chi connectivity index (χ0) is 20.8. The Balaban J connectivity index is 1.74. The number of esters is 1. The van der Waals surface area contributed by atoms with Crippen LogP contribution in [0.5, 0.6) is 11.5 Å². The minimum Gasteiger partial charge on any atom is -0.493 e. The van der Waals surface area contributed by atoms with E-state index in [0.29, 0.717) is 21.9 Å². The molecule has 146 valence electrons. The monoisotopic (exact) mass is 410 g/mol. The molecular weight excluding hydrogens is 395 g/mol. The second-order valence-electron chi connectivity index (χ2n) is 6.01. The Morgan fingerprint density at radius 3 is 2.21 bits per heavy atom. The maximum atomic E-state index is 13.0. The van der Waals surface area contributed by atoms with E-state index in [4.69, 9.17) is 21.1 Å². The Morgan fingerprint density at radius 1 is 0.897 bits per heavy atom. The smallest absolute Gasteiger partial charge is 0.343 e. The maximum Gasteiger partial charge on any atom is 0.343 e. The van der Waals surface area contributed by atoms with Crippen LogP contribution in [0.4, 0.5) is 4.39 Å². The molecule has 0 aromatic heterocycles. The predicted molar refractivity (Wildman–Crippen MR) is 109 cm³/mol. The molecule has 4 nitrogen and oxygen atoms in total. The standard InChI is InChI=1S/C23H16ClFO4/c1-28-22-14-15(2-12-20(26)16-4-8-18(24)9-5-16)3-13-21(22)29-23(27)17-6-10-19(25)11-7-17/h2-14H,1H3/b12-2+. The van der Waals surface area contributed by atoms with Gasteiger partial charge in [-0.3, -0.25) is 4.79 Å². The predicted octanol–water partition coefficient (Wildman–Crippen LogP) is 5.60. The molecule has 0 bridgehead atoms. The molecule has 0 saturated carbocycles. The highest BCUT2D eigenvalue weighted by Crippen LogP contribution is 2.29. The summed E-state index contributed by atoms with van der Waals surface area (Å²) < 4.78 is 23.6. The third kappa shape index (κ3) is 5.30. The summed E-state index contributed by atoms with van der Waals surface area (Å²) in [7, 11) is 1.44. The van der Waals surface area contributed by atoms with Crippen LogP contribution in [-0.4, -0.2) is 18.9 Å². The number of halogens is 2. The van der Waals surface area contributed by atoms with Gasteiger partial charge in [-0.2, -0.15) is 0 Å². The van der Waals surface area contributed by atoms with E-state index < -0.39 is 11.8 Å². The molecule has 3 rings (SSSR count). The van der Waals surface area contributed by atoms with Crippen LogP contribution in [0.2, 0.25) is 5.02 Å². The van der Waals surface area contributed by atoms with Gasteiger partial charge in [0.25, 0.3) is 0 Å². The van der Waals surface area contributed by atoms with Gasteiger partial charge in [-0.15, -0.1) is 0 Å². The summed E-state index contributed by atoms with van der Waals surface area (Å²) in [6.07, 6.45) is 3.06. The molecule has 29 heavy (non-hydrogen) atoms. The van der Waals surface area contributed by atoms with Crippen molar-refractivity contribution in [2.45, 2.75) is 0 Å². The SMILES string of the molecule is COc1cc(/C=C/C(=O)c2ccc(Cl)cc2)ccc1OC(=O)c1ccc(F)cc1. The first kappa shape index (κ1) is 20.3. The zero-order valence-electron chi connectivity index (χ0n) is 15.4. The molecule has 0 aliphatic rings. The van der Waals surface area contributed by atoms with Crippen molar-refractivity contribution in [3.63, 3.8) is 0 Å².